The van der Waals surface area contributed by atoms with Gasteiger partial charge in [-0.3, -0.25) is 14.7 Å². The van der Waals surface area contributed by atoms with Gasteiger partial charge in [0.25, 0.3) is 0 Å². The SMILES string of the molecule is COc1cc(NC(=O)C=CCN2CCOCC2)cc2c(Nc3cccc(Br)c3)c(C#N)cnc12. The Kier molecular flexibility index (Phi) is 7.75. The second kappa shape index (κ2) is 11.1. The zero-order valence-corrected chi connectivity index (χ0v) is 20.3. The molecule has 2 heterocycles. The van der Waals surface area contributed by atoms with Crippen molar-refractivity contribution in [2.24, 2.45) is 0 Å². The van der Waals surface area contributed by atoms with E-state index in [0.717, 1.165) is 23.2 Å². The highest BCUT2D eigenvalue weighted by Gasteiger charge is 2.15. The molecule has 1 aliphatic heterocycles. The first-order valence-corrected chi connectivity index (χ1v) is 11.6. The van der Waals surface area contributed by atoms with Gasteiger partial charge in [-0.15, -0.1) is 0 Å². The molecule has 9 heteroatoms. The van der Waals surface area contributed by atoms with E-state index < -0.39 is 0 Å². The number of morpholine rings is 1. The zero-order chi connectivity index (χ0) is 23.9. The smallest absolute Gasteiger partial charge is 0.248 e. The van der Waals surface area contributed by atoms with Crippen molar-refractivity contribution in [2.75, 3.05) is 50.6 Å². The maximum Gasteiger partial charge on any atom is 0.248 e. The largest absolute Gasteiger partial charge is 0.494 e. The van der Waals surface area contributed by atoms with Crippen LogP contribution in [0.5, 0.6) is 5.75 Å². The summed E-state index contributed by atoms with van der Waals surface area (Å²) in [5.74, 6) is 0.243. The summed E-state index contributed by atoms with van der Waals surface area (Å²) in [6.07, 6.45) is 4.88. The van der Waals surface area contributed by atoms with Crippen LogP contribution in [0.3, 0.4) is 0 Å². The first kappa shape index (κ1) is 23.7. The first-order chi connectivity index (χ1) is 16.6. The molecule has 1 saturated heterocycles. The van der Waals surface area contributed by atoms with Gasteiger partial charge < -0.3 is 20.1 Å². The van der Waals surface area contributed by atoms with Crippen LogP contribution in [0.1, 0.15) is 5.56 Å². The lowest BCUT2D eigenvalue weighted by atomic mass is 10.1. The Labute approximate surface area is 206 Å². The molecule has 0 aliphatic carbocycles. The van der Waals surface area contributed by atoms with Gasteiger partial charge in [0.2, 0.25) is 5.91 Å². The average Bonchev–Trinajstić information content (AvgIpc) is 2.84. The molecule has 4 rings (SSSR count). The summed E-state index contributed by atoms with van der Waals surface area (Å²) in [7, 11) is 1.55. The van der Waals surface area contributed by atoms with Crippen molar-refractivity contribution in [1.82, 2.24) is 9.88 Å². The van der Waals surface area contributed by atoms with Crippen LogP contribution in [-0.2, 0) is 9.53 Å². The number of halogens is 1. The molecule has 2 aromatic carbocycles. The number of ether oxygens (including phenoxy) is 2. The number of hydrogen-bond acceptors (Lipinski definition) is 7. The van der Waals surface area contributed by atoms with Gasteiger partial charge >= 0.3 is 0 Å². The highest BCUT2D eigenvalue weighted by Crippen LogP contribution is 2.36. The molecule has 0 saturated carbocycles. The van der Waals surface area contributed by atoms with Crippen molar-refractivity contribution in [3.8, 4) is 11.8 Å². The van der Waals surface area contributed by atoms with E-state index >= 15 is 0 Å². The number of fused-ring (bicyclic) bond motifs is 1. The molecule has 0 unspecified atom stereocenters. The number of methoxy groups -OCH3 is 1. The van der Waals surface area contributed by atoms with Crippen molar-refractivity contribution in [2.45, 2.75) is 0 Å². The molecule has 0 atom stereocenters. The van der Waals surface area contributed by atoms with Crippen LogP contribution in [0.4, 0.5) is 17.1 Å². The summed E-state index contributed by atoms with van der Waals surface area (Å²) in [6.45, 7) is 3.83. The quantitative estimate of drug-likeness (QED) is 0.443. The zero-order valence-electron chi connectivity index (χ0n) is 18.7. The van der Waals surface area contributed by atoms with Gasteiger partial charge in [-0.2, -0.15) is 5.26 Å². The summed E-state index contributed by atoms with van der Waals surface area (Å²) in [5, 5.41) is 16.6. The molecule has 0 bridgehead atoms. The third-order valence-electron chi connectivity index (χ3n) is 5.37. The fourth-order valence-electron chi connectivity index (χ4n) is 3.70. The van der Waals surface area contributed by atoms with E-state index in [0.29, 0.717) is 53.3 Å². The molecule has 174 valence electrons. The number of benzene rings is 2. The maximum atomic E-state index is 12.6. The van der Waals surface area contributed by atoms with Crippen LogP contribution in [0.25, 0.3) is 10.9 Å². The number of rotatable bonds is 7. The Balaban J connectivity index is 1.62. The summed E-state index contributed by atoms with van der Waals surface area (Å²) >= 11 is 3.47. The molecule has 1 aliphatic rings. The lowest BCUT2D eigenvalue weighted by Gasteiger charge is -2.25. The summed E-state index contributed by atoms with van der Waals surface area (Å²) in [5.41, 5.74) is 2.89. The van der Waals surface area contributed by atoms with Gasteiger partial charge in [0, 0.05) is 59.2 Å². The Morgan fingerprint density at radius 3 is 2.85 bits per heavy atom. The average molecular weight is 522 g/mol. The van der Waals surface area contributed by atoms with Crippen LogP contribution in [-0.4, -0.2) is 55.7 Å². The van der Waals surface area contributed by atoms with Crippen LogP contribution < -0.4 is 15.4 Å². The van der Waals surface area contributed by atoms with Crippen molar-refractivity contribution < 1.29 is 14.3 Å². The van der Waals surface area contributed by atoms with Crippen molar-refractivity contribution in [3.63, 3.8) is 0 Å². The van der Waals surface area contributed by atoms with Gasteiger partial charge in [0.15, 0.2) is 0 Å². The number of carbonyl (C=O) groups excluding carboxylic acids is 1. The number of hydrogen-bond donors (Lipinski definition) is 2. The molecule has 34 heavy (non-hydrogen) atoms. The van der Waals surface area contributed by atoms with Crippen LogP contribution in [0.2, 0.25) is 0 Å². The number of anilines is 3. The number of nitrogens with one attached hydrogen (secondary N) is 2. The third kappa shape index (κ3) is 5.72. The summed E-state index contributed by atoms with van der Waals surface area (Å²) in [6, 6.07) is 13.3. The number of pyridine rings is 1. The highest BCUT2D eigenvalue weighted by molar-refractivity contribution is 9.10. The van der Waals surface area contributed by atoms with E-state index in [1.54, 1.807) is 19.2 Å². The maximum absolute atomic E-state index is 12.6. The Morgan fingerprint density at radius 1 is 1.29 bits per heavy atom. The monoisotopic (exact) mass is 521 g/mol. The minimum atomic E-state index is -0.249. The Hall–Kier alpha value is -3.45. The molecule has 1 aromatic heterocycles. The standard InChI is InChI=1S/C25H24BrN5O3/c1-33-22-14-20(29-23(32)6-3-7-31-8-10-34-11-9-31)13-21-24(17(15-27)16-28-25(21)22)30-19-5-2-4-18(26)12-19/h2-6,12-14,16H,7-11H2,1H3,(H,28,30)(H,29,32). The predicted molar refractivity (Wildman–Crippen MR) is 135 cm³/mol. The summed E-state index contributed by atoms with van der Waals surface area (Å²) < 4.78 is 11.8. The number of aromatic nitrogens is 1. The van der Waals surface area contributed by atoms with E-state index in [1.165, 1.54) is 12.3 Å². The van der Waals surface area contributed by atoms with Crippen LogP contribution in [0, 0.1) is 11.3 Å². The lowest BCUT2D eigenvalue weighted by Crippen LogP contribution is -2.36. The molecule has 2 N–H and O–H groups in total. The van der Waals surface area contributed by atoms with E-state index in [2.05, 4.69) is 42.5 Å². The fourth-order valence-corrected chi connectivity index (χ4v) is 4.10. The number of nitrogens with zero attached hydrogens (tertiary/aromatic N) is 3. The topological polar surface area (TPSA) is 99.5 Å². The molecule has 1 amide bonds. The van der Waals surface area contributed by atoms with Crippen LogP contribution in [0.15, 0.2) is 59.2 Å². The second-order valence-electron chi connectivity index (χ2n) is 7.67. The molecule has 0 radical (unpaired) electrons. The minimum Gasteiger partial charge on any atom is -0.494 e. The first-order valence-electron chi connectivity index (χ1n) is 10.8. The highest BCUT2D eigenvalue weighted by atomic mass is 79.9. The van der Waals surface area contributed by atoms with Gasteiger partial charge in [0.1, 0.15) is 17.3 Å². The van der Waals surface area contributed by atoms with Crippen molar-refractivity contribution >= 4 is 49.8 Å². The Morgan fingerprint density at radius 2 is 2.12 bits per heavy atom. The van der Waals surface area contributed by atoms with Gasteiger partial charge in [-0.1, -0.05) is 28.1 Å². The van der Waals surface area contributed by atoms with E-state index in [4.69, 9.17) is 9.47 Å². The number of carbonyl (C=O) groups is 1. The normalized spacial score (nSPS) is 14.1. The number of nitriles is 1. The summed E-state index contributed by atoms with van der Waals surface area (Å²) in [4.78, 5) is 19.2. The lowest BCUT2D eigenvalue weighted by molar-refractivity contribution is -0.111. The van der Waals surface area contributed by atoms with Gasteiger partial charge in [-0.25, -0.2) is 0 Å². The van der Waals surface area contributed by atoms with Crippen LogP contribution >= 0.6 is 15.9 Å². The third-order valence-corrected chi connectivity index (χ3v) is 5.87. The molecule has 1 fully saturated rings. The van der Waals surface area contributed by atoms with E-state index in [1.807, 2.05) is 30.3 Å². The molecular formula is C25H24BrN5O3. The number of amides is 1. The van der Waals surface area contributed by atoms with Crippen molar-refractivity contribution in [1.29, 1.82) is 5.26 Å². The Bertz CT molecular complexity index is 1270. The molecule has 0 spiro atoms. The minimum absolute atomic E-state index is 0.249. The molecule has 8 nitrogen and oxygen atoms in total. The van der Waals surface area contributed by atoms with E-state index in [9.17, 15) is 10.1 Å². The molecule has 3 aromatic rings. The predicted octanol–water partition coefficient (Wildman–Crippen LogP) is 4.45. The fraction of sp³-hybridized carbons (Fsp3) is 0.240. The molecular weight excluding hydrogens is 498 g/mol. The van der Waals surface area contributed by atoms with Gasteiger partial charge in [0.05, 0.1) is 31.6 Å². The van der Waals surface area contributed by atoms with Crippen molar-refractivity contribution in [3.05, 3.63) is 64.8 Å². The van der Waals surface area contributed by atoms with Gasteiger partial charge in [-0.05, 0) is 24.3 Å². The second-order valence-corrected chi connectivity index (χ2v) is 8.59. The van der Waals surface area contributed by atoms with E-state index in [-0.39, 0.29) is 5.91 Å².